The predicted octanol–water partition coefficient (Wildman–Crippen LogP) is 1.19. The van der Waals surface area contributed by atoms with Gasteiger partial charge < -0.3 is 15.5 Å². The van der Waals surface area contributed by atoms with E-state index >= 15 is 0 Å². The molecule has 7 heteroatoms. The summed E-state index contributed by atoms with van der Waals surface area (Å²) in [5.41, 5.74) is 8.30. The van der Waals surface area contributed by atoms with Crippen molar-refractivity contribution in [2.24, 2.45) is 11.8 Å². The first-order valence-electron chi connectivity index (χ1n) is 10.5. The second kappa shape index (κ2) is 8.76. The summed E-state index contributed by atoms with van der Waals surface area (Å²) in [6.45, 7) is 4.76. The number of hydrogen-bond donors (Lipinski definition) is 4. The van der Waals surface area contributed by atoms with Crippen LogP contribution in [0.3, 0.4) is 0 Å². The second-order valence-corrected chi connectivity index (χ2v) is 8.88. The van der Waals surface area contributed by atoms with E-state index in [9.17, 15) is 4.79 Å². The zero-order valence-corrected chi connectivity index (χ0v) is 17.3. The molecule has 0 bridgehead atoms. The summed E-state index contributed by atoms with van der Waals surface area (Å²) in [5.74, 6) is 1.40. The minimum Gasteiger partial charge on any atom is -0.360 e. The van der Waals surface area contributed by atoms with E-state index in [0.717, 1.165) is 45.3 Å². The maximum atomic E-state index is 12.9. The van der Waals surface area contributed by atoms with Crippen LogP contribution in [0.15, 0.2) is 30.3 Å². The normalized spacial score (nSPS) is 31.3. The Morgan fingerprint density at radius 2 is 1.93 bits per heavy atom. The van der Waals surface area contributed by atoms with Crippen molar-refractivity contribution in [2.75, 3.05) is 19.6 Å². The van der Waals surface area contributed by atoms with Gasteiger partial charge in [-0.3, -0.25) is 15.6 Å². The Bertz CT molecular complexity index is 691. The summed E-state index contributed by atoms with van der Waals surface area (Å²) >= 11 is 5.23. The van der Waals surface area contributed by atoms with Gasteiger partial charge in [0.25, 0.3) is 0 Å². The number of hydrogen-bond acceptors (Lipinski definition) is 4. The Morgan fingerprint density at radius 1 is 1.18 bits per heavy atom. The molecule has 3 heterocycles. The van der Waals surface area contributed by atoms with E-state index in [0.29, 0.717) is 23.0 Å². The minimum atomic E-state index is -0.183. The maximum absolute atomic E-state index is 12.9. The van der Waals surface area contributed by atoms with E-state index in [1.165, 1.54) is 5.56 Å². The van der Waals surface area contributed by atoms with E-state index in [4.69, 9.17) is 12.2 Å². The molecule has 0 spiro atoms. The summed E-state index contributed by atoms with van der Waals surface area (Å²) in [7, 11) is 0. The molecule has 3 saturated heterocycles. The summed E-state index contributed by atoms with van der Waals surface area (Å²) in [6.07, 6.45) is 3.99. The van der Waals surface area contributed by atoms with Gasteiger partial charge in [-0.15, -0.1) is 0 Å². The fourth-order valence-corrected chi connectivity index (χ4v) is 5.27. The van der Waals surface area contributed by atoms with Crippen LogP contribution in [0.25, 0.3) is 0 Å². The molecule has 3 fully saturated rings. The lowest BCUT2D eigenvalue weighted by Crippen LogP contribution is -2.60. The number of piperidine rings is 1. The van der Waals surface area contributed by atoms with Gasteiger partial charge in [0.2, 0.25) is 5.91 Å². The van der Waals surface area contributed by atoms with Gasteiger partial charge in [-0.1, -0.05) is 30.3 Å². The van der Waals surface area contributed by atoms with Crippen LogP contribution < -0.4 is 21.5 Å². The molecule has 4 rings (SSSR count). The topological polar surface area (TPSA) is 68.4 Å². The molecule has 2 unspecified atom stereocenters. The third-order valence-corrected chi connectivity index (χ3v) is 6.65. The quantitative estimate of drug-likeness (QED) is 0.569. The highest BCUT2D eigenvalue weighted by Gasteiger charge is 2.37. The van der Waals surface area contributed by atoms with Gasteiger partial charge in [-0.25, -0.2) is 0 Å². The van der Waals surface area contributed by atoms with Crippen molar-refractivity contribution >= 4 is 23.2 Å². The van der Waals surface area contributed by atoms with E-state index < -0.39 is 0 Å². The van der Waals surface area contributed by atoms with Crippen molar-refractivity contribution in [3.8, 4) is 0 Å². The molecular formula is C21H31N5OS. The van der Waals surface area contributed by atoms with Crippen molar-refractivity contribution in [1.29, 1.82) is 0 Å². The molecule has 0 aromatic heterocycles. The largest absolute Gasteiger partial charge is 0.360 e. The Hall–Kier alpha value is -1.70. The fraction of sp³-hybridized carbons (Fsp3) is 0.619. The second-order valence-electron chi connectivity index (χ2n) is 8.47. The molecule has 1 aromatic rings. The summed E-state index contributed by atoms with van der Waals surface area (Å²) in [4.78, 5) is 15.0. The zero-order valence-electron chi connectivity index (χ0n) is 16.5. The third kappa shape index (κ3) is 4.47. The first-order valence-corrected chi connectivity index (χ1v) is 10.9. The van der Waals surface area contributed by atoms with Crippen molar-refractivity contribution in [3.63, 3.8) is 0 Å². The van der Waals surface area contributed by atoms with Gasteiger partial charge in [-0.2, -0.15) is 0 Å². The molecule has 1 aromatic carbocycles. The van der Waals surface area contributed by atoms with E-state index in [1.54, 1.807) is 0 Å². The molecule has 6 nitrogen and oxygen atoms in total. The molecule has 1 amide bonds. The van der Waals surface area contributed by atoms with Crippen molar-refractivity contribution in [3.05, 3.63) is 35.9 Å². The van der Waals surface area contributed by atoms with Gasteiger partial charge in [0.05, 0.1) is 0 Å². The van der Waals surface area contributed by atoms with Crippen LogP contribution in [0.1, 0.15) is 31.7 Å². The third-order valence-electron chi connectivity index (χ3n) is 6.41. The number of likely N-dealkylation sites (tertiary alicyclic amines) is 1. The van der Waals surface area contributed by atoms with Crippen molar-refractivity contribution in [2.45, 2.75) is 50.7 Å². The number of rotatable bonds is 4. The van der Waals surface area contributed by atoms with Crippen molar-refractivity contribution < 1.29 is 4.79 Å². The molecule has 4 atom stereocenters. The molecule has 4 N–H and O–H groups in total. The number of benzene rings is 1. The number of nitrogens with zero attached hydrogens (tertiary/aromatic N) is 1. The van der Waals surface area contributed by atoms with Gasteiger partial charge in [0, 0.05) is 31.7 Å². The number of thiocarbonyl (C=S) groups is 1. The van der Waals surface area contributed by atoms with Gasteiger partial charge in [0.1, 0.15) is 6.04 Å². The van der Waals surface area contributed by atoms with Gasteiger partial charge in [0.15, 0.2) is 5.11 Å². The molecule has 152 valence electrons. The number of amides is 1. The standard InChI is InChI=1S/C21H31N5OS/c1-14-11-18(24-21(28)23-14)20(27)26-9-7-16(8-10-26)19-17(13-22-25-19)12-15-5-3-2-4-6-15/h2-6,14,16-19,22,25H,7-13H2,1H3,(H2,23,24,28)/t14-,17?,18+,19?/m1/s1. The molecular weight excluding hydrogens is 370 g/mol. The van der Waals surface area contributed by atoms with Crippen LogP contribution in [0.4, 0.5) is 0 Å². The van der Waals surface area contributed by atoms with Crippen LogP contribution >= 0.6 is 12.2 Å². The smallest absolute Gasteiger partial charge is 0.245 e. The Kier molecular flexibility index (Phi) is 6.13. The lowest BCUT2D eigenvalue weighted by Gasteiger charge is -2.39. The highest BCUT2D eigenvalue weighted by Crippen LogP contribution is 2.29. The molecule has 0 saturated carbocycles. The highest BCUT2D eigenvalue weighted by atomic mass is 32.1. The highest BCUT2D eigenvalue weighted by molar-refractivity contribution is 7.80. The van der Waals surface area contributed by atoms with E-state index in [2.05, 4.69) is 58.7 Å². The monoisotopic (exact) mass is 401 g/mol. The first kappa shape index (κ1) is 19.6. The summed E-state index contributed by atoms with van der Waals surface area (Å²) < 4.78 is 0. The lowest BCUT2D eigenvalue weighted by atomic mass is 9.80. The number of hydrazine groups is 1. The number of nitrogens with one attached hydrogen (secondary N) is 4. The minimum absolute atomic E-state index is 0.183. The van der Waals surface area contributed by atoms with Gasteiger partial charge >= 0.3 is 0 Å². The summed E-state index contributed by atoms with van der Waals surface area (Å²) in [5, 5.41) is 6.92. The SMILES string of the molecule is C[C@@H]1C[C@@H](C(=O)N2CCC(C3NNCC3Cc3ccccc3)CC2)NC(=S)N1. The number of carbonyl (C=O) groups is 1. The molecule has 3 aliphatic heterocycles. The first-order chi connectivity index (χ1) is 13.6. The fourth-order valence-electron chi connectivity index (χ4n) is 4.93. The van der Waals surface area contributed by atoms with E-state index in [-0.39, 0.29) is 18.0 Å². The summed E-state index contributed by atoms with van der Waals surface area (Å²) in [6, 6.07) is 11.3. The van der Waals surface area contributed by atoms with Crippen LogP contribution in [-0.2, 0) is 11.2 Å². The van der Waals surface area contributed by atoms with E-state index in [1.807, 2.05) is 4.90 Å². The Balaban J connectivity index is 1.31. The average molecular weight is 402 g/mol. The Morgan fingerprint density at radius 3 is 2.64 bits per heavy atom. The van der Waals surface area contributed by atoms with Gasteiger partial charge in [-0.05, 0) is 62.2 Å². The molecule has 0 aliphatic carbocycles. The maximum Gasteiger partial charge on any atom is 0.245 e. The molecule has 28 heavy (non-hydrogen) atoms. The zero-order chi connectivity index (χ0) is 19.5. The lowest BCUT2D eigenvalue weighted by molar-refractivity contribution is -0.135. The van der Waals surface area contributed by atoms with Crippen LogP contribution in [-0.4, -0.2) is 53.7 Å². The Labute approximate surface area is 172 Å². The number of carbonyl (C=O) groups excluding carboxylic acids is 1. The van der Waals surface area contributed by atoms with Crippen molar-refractivity contribution in [1.82, 2.24) is 26.4 Å². The van der Waals surface area contributed by atoms with Crippen LogP contribution in [0.2, 0.25) is 0 Å². The molecule has 0 radical (unpaired) electrons. The average Bonchev–Trinajstić information content (AvgIpc) is 3.15. The van der Waals surface area contributed by atoms with Crippen LogP contribution in [0.5, 0.6) is 0 Å². The van der Waals surface area contributed by atoms with Crippen LogP contribution in [0, 0.1) is 11.8 Å². The molecule has 3 aliphatic rings. The predicted molar refractivity (Wildman–Crippen MR) is 115 cm³/mol.